The SMILES string of the molecule is COc1ccccc1CC(=O)OCC(=O)N1CCc2cc(OC)c(OC)cc2C1. The van der Waals surface area contributed by atoms with Gasteiger partial charge in [0.25, 0.3) is 5.91 Å². The van der Waals surface area contributed by atoms with Gasteiger partial charge in [-0.1, -0.05) is 18.2 Å². The van der Waals surface area contributed by atoms with Crippen LogP contribution in [0, 0.1) is 0 Å². The lowest BCUT2D eigenvalue weighted by Gasteiger charge is -2.29. The summed E-state index contributed by atoms with van der Waals surface area (Å²) in [6.07, 6.45) is 0.758. The summed E-state index contributed by atoms with van der Waals surface area (Å²) in [5.41, 5.74) is 2.85. The van der Waals surface area contributed by atoms with Gasteiger partial charge in [-0.3, -0.25) is 9.59 Å². The molecule has 2 aromatic carbocycles. The van der Waals surface area contributed by atoms with E-state index in [1.165, 1.54) is 0 Å². The molecule has 154 valence electrons. The maximum absolute atomic E-state index is 12.5. The third-order valence-corrected chi connectivity index (χ3v) is 4.95. The molecule has 2 aromatic rings. The van der Waals surface area contributed by atoms with Crippen LogP contribution in [0.15, 0.2) is 36.4 Å². The number of fused-ring (bicyclic) bond motifs is 1. The first-order valence-corrected chi connectivity index (χ1v) is 9.34. The molecule has 0 radical (unpaired) electrons. The molecule has 1 amide bonds. The zero-order valence-corrected chi connectivity index (χ0v) is 16.9. The van der Waals surface area contributed by atoms with E-state index < -0.39 is 5.97 Å². The van der Waals surface area contributed by atoms with Gasteiger partial charge < -0.3 is 23.8 Å². The highest BCUT2D eigenvalue weighted by atomic mass is 16.5. The van der Waals surface area contributed by atoms with Crippen LogP contribution in [0.3, 0.4) is 0 Å². The fraction of sp³-hybridized carbons (Fsp3) is 0.364. The van der Waals surface area contributed by atoms with Gasteiger partial charge in [0.1, 0.15) is 5.75 Å². The van der Waals surface area contributed by atoms with E-state index in [-0.39, 0.29) is 18.9 Å². The van der Waals surface area contributed by atoms with Gasteiger partial charge in [0, 0.05) is 18.7 Å². The van der Waals surface area contributed by atoms with Gasteiger partial charge >= 0.3 is 5.97 Å². The normalized spacial score (nSPS) is 12.7. The van der Waals surface area contributed by atoms with Crippen molar-refractivity contribution in [2.45, 2.75) is 19.4 Å². The average Bonchev–Trinajstić information content (AvgIpc) is 2.76. The van der Waals surface area contributed by atoms with E-state index in [2.05, 4.69) is 0 Å². The second-order valence-corrected chi connectivity index (χ2v) is 6.69. The minimum Gasteiger partial charge on any atom is -0.496 e. The van der Waals surface area contributed by atoms with Gasteiger partial charge in [0.2, 0.25) is 0 Å². The molecule has 0 N–H and O–H groups in total. The molecule has 0 aliphatic carbocycles. The van der Waals surface area contributed by atoms with E-state index in [0.717, 1.165) is 16.7 Å². The number of ether oxygens (including phenoxy) is 4. The van der Waals surface area contributed by atoms with Crippen molar-refractivity contribution in [3.05, 3.63) is 53.1 Å². The molecule has 29 heavy (non-hydrogen) atoms. The van der Waals surface area contributed by atoms with Crippen LogP contribution in [0.25, 0.3) is 0 Å². The second kappa shape index (κ2) is 9.32. The summed E-state index contributed by atoms with van der Waals surface area (Å²) in [5.74, 6) is 1.23. The first-order chi connectivity index (χ1) is 14.0. The van der Waals surface area contributed by atoms with E-state index in [1.807, 2.05) is 24.3 Å². The quantitative estimate of drug-likeness (QED) is 0.666. The smallest absolute Gasteiger partial charge is 0.310 e. The monoisotopic (exact) mass is 399 g/mol. The molecule has 0 atom stereocenters. The summed E-state index contributed by atoms with van der Waals surface area (Å²) in [6.45, 7) is 0.723. The Balaban J connectivity index is 1.57. The first-order valence-electron chi connectivity index (χ1n) is 9.34. The number of esters is 1. The maximum atomic E-state index is 12.5. The number of carbonyl (C=O) groups is 2. The molecule has 1 aliphatic rings. The molecule has 0 saturated heterocycles. The minimum absolute atomic E-state index is 0.0527. The Morgan fingerprint density at radius 2 is 1.59 bits per heavy atom. The van der Waals surface area contributed by atoms with Gasteiger partial charge in [-0.2, -0.15) is 0 Å². The summed E-state index contributed by atoms with van der Waals surface area (Å²) < 4.78 is 21.1. The molecule has 7 heteroatoms. The molecule has 0 spiro atoms. The van der Waals surface area contributed by atoms with Gasteiger partial charge in [0.15, 0.2) is 18.1 Å². The van der Waals surface area contributed by atoms with Crippen molar-refractivity contribution in [2.24, 2.45) is 0 Å². The fourth-order valence-corrected chi connectivity index (χ4v) is 3.39. The molecule has 7 nitrogen and oxygen atoms in total. The zero-order chi connectivity index (χ0) is 20.8. The summed E-state index contributed by atoms with van der Waals surface area (Å²) in [7, 11) is 4.73. The van der Waals surface area contributed by atoms with Gasteiger partial charge in [-0.05, 0) is 35.7 Å². The zero-order valence-electron chi connectivity index (χ0n) is 16.9. The summed E-state index contributed by atoms with van der Waals surface area (Å²) >= 11 is 0. The highest BCUT2D eigenvalue weighted by Gasteiger charge is 2.23. The maximum Gasteiger partial charge on any atom is 0.310 e. The summed E-state index contributed by atoms with van der Waals surface area (Å²) in [5, 5.41) is 0. The predicted molar refractivity (Wildman–Crippen MR) is 106 cm³/mol. The van der Waals surface area contributed by atoms with E-state index in [9.17, 15) is 9.59 Å². The topological polar surface area (TPSA) is 74.3 Å². The first kappa shape index (κ1) is 20.5. The van der Waals surface area contributed by atoms with Crippen molar-refractivity contribution in [3.8, 4) is 17.2 Å². The van der Waals surface area contributed by atoms with Crippen LogP contribution < -0.4 is 14.2 Å². The van der Waals surface area contributed by atoms with Crippen molar-refractivity contribution < 1.29 is 28.5 Å². The molecule has 0 aromatic heterocycles. The van der Waals surface area contributed by atoms with E-state index in [1.54, 1.807) is 38.4 Å². The Morgan fingerprint density at radius 1 is 0.931 bits per heavy atom. The van der Waals surface area contributed by atoms with E-state index in [0.29, 0.717) is 36.8 Å². The highest BCUT2D eigenvalue weighted by Crippen LogP contribution is 2.33. The minimum atomic E-state index is -0.466. The molecule has 0 saturated carbocycles. The van der Waals surface area contributed by atoms with Gasteiger partial charge in [-0.15, -0.1) is 0 Å². The number of benzene rings is 2. The number of nitrogens with zero attached hydrogens (tertiary/aromatic N) is 1. The number of hydrogen-bond acceptors (Lipinski definition) is 6. The van der Waals surface area contributed by atoms with Crippen LogP contribution in [-0.4, -0.2) is 51.3 Å². The number of amides is 1. The lowest BCUT2D eigenvalue weighted by Crippen LogP contribution is -2.38. The van der Waals surface area contributed by atoms with Crippen molar-refractivity contribution in [2.75, 3.05) is 34.5 Å². The van der Waals surface area contributed by atoms with Crippen molar-refractivity contribution in [1.82, 2.24) is 4.90 Å². The molecule has 3 rings (SSSR count). The van der Waals surface area contributed by atoms with Crippen molar-refractivity contribution in [3.63, 3.8) is 0 Å². The number of hydrogen-bond donors (Lipinski definition) is 0. The number of methoxy groups -OCH3 is 3. The summed E-state index contributed by atoms with van der Waals surface area (Å²) in [6, 6.07) is 11.1. The highest BCUT2D eigenvalue weighted by molar-refractivity contribution is 5.81. The van der Waals surface area contributed by atoms with Crippen molar-refractivity contribution in [1.29, 1.82) is 0 Å². The van der Waals surface area contributed by atoms with Crippen LogP contribution in [0.2, 0.25) is 0 Å². The van der Waals surface area contributed by atoms with Crippen LogP contribution in [0.5, 0.6) is 17.2 Å². The standard InChI is InChI=1S/C22H25NO6/c1-26-18-7-5-4-6-16(18)12-22(25)29-14-21(24)23-9-8-15-10-19(27-2)20(28-3)11-17(15)13-23/h4-7,10-11H,8-9,12-14H2,1-3H3. The van der Waals surface area contributed by atoms with E-state index in [4.69, 9.17) is 18.9 Å². The molecule has 0 unspecified atom stereocenters. The second-order valence-electron chi connectivity index (χ2n) is 6.69. The third kappa shape index (κ3) is 4.80. The fourth-order valence-electron chi connectivity index (χ4n) is 3.39. The molecule has 1 heterocycles. The molecule has 0 fully saturated rings. The predicted octanol–water partition coefficient (Wildman–Crippen LogP) is 2.38. The summed E-state index contributed by atoms with van der Waals surface area (Å²) in [4.78, 5) is 26.4. The van der Waals surface area contributed by atoms with Crippen LogP contribution >= 0.6 is 0 Å². The number of carbonyl (C=O) groups excluding carboxylic acids is 2. The van der Waals surface area contributed by atoms with Gasteiger partial charge in [-0.25, -0.2) is 0 Å². The van der Waals surface area contributed by atoms with Crippen LogP contribution in [0.4, 0.5) is 0 Å². The van der Waals surface area contributed by atoms with Crippen LogP contribution in [-0.2, 0) is 33.7 Å². The lowest BCUT2D eigenvalue weighted by molar-refractivity contribution is -0.151. The molecule has 1 aliphatic heterocycles. The number of para-hydroxylation sites is 1. The third-order valence-electron chi connectivity index (χ3n) is 4.95. The van der Waals surface area contributed by atoms with E-state index >= 15 is 0 Å². The Labute approximate surface area is 170 Å². The lowest BCUT2D eigenvalue weighted by atomic mass is 9.99. The number of rotatable bonds is 7. The molecular weight excluding hydrogens is 374 g/mol. The Morgan fingerprint density at radius 3 is 2.28 bits per heavy atom. The molecule has 0 bridgehead atoms. The van der Waals surface area contributed by atoms with Gasteiger partial charge in [0.05, 0.1) is 27.8 Å². The van der Waals surface area contributed by atoms with Crippen LogP contribution in [0.1, 0.15) is 16.7 Å². The Kier molecular flexibility index (Phi) is 6.59. The van der Waals surface area contributed by atoms with Crippen molar-refractivity contribution >= 4 is 11.9 Å². The molecular formula is C22H25NO6. The Hall–Kier alpha value is -3.22. The average molecular weight is 399 g/mol. The Bertz CT molecular complexity index is 895. The largest absolute Gasteiger partial charge is 0.496 e.